The quantitative estimate of drug-likeness (QED) is 0.730. The second-order valence-electron chi connectivity index (χ2n) is 5.64. The maximum atomic E-state index is 12.3. The summed E-state index contributed by atoms with van der Waals surface area (Å²) in [5.41, 5.74) is 0.485. The highest BCUT2D eigenvalue weighted by molar-refractivity contribution is 5.95. The Morgan fingerprint density at radius 3 is 2.70 bits per heavy atom. The van der Waals surface area contributed by atoms with Crippen LogP contribution in [0.1, 0.15) is 43.5 Å². The molecular weight excluding hydrogens is 298 g/mol. The minimum atomic E-state index is -1.06. The van der Waals surface area contributed by atoms with Gasteiger partial charge in [-0.25, -0.2) is 4.79 Å². The molecule has 1 aliphatic carbocycles. The highest BCUT2D eigenvalue weighted by atomic mass is 16.5. The fourth-order valence-corrected chi connectivity index (χ4v) is 2.54. The molecule has 0 saturated heterocycles. The van der Waals surface area contributed by atoms with Crippen molar-refractivity contribution in [3.63, 3.8) is 0 Å². The van der Waals surface area contributed by atoms with Crippen molar-refractivity contribution in [2.24, 2.45) is 5.92 Å². The molecule has 126 valence electrons. The monoisotopic (exact) mass is 321 g/mol. The van der Waals surface area contributed by atoms with Crippen LogP contribution in [0, 0.1) is 5.92 Å². The summed E-state index contributed by atoms with van der Waals surface area (Å²) in [6.07, 6.45) is 3.30. The van der Waals surface area contributed by atoms with E-state index in [1.54, 1.807) is 18.2 Å². The van der Waals surface area contributed by atoms with Gasteiger partial charge < -0.3 is 19.9 Å². The maximum Gasteiger partial charge on any atom is 0.341 e. The van der Waals surface area contributed by atoms with Crippen LogP contribution in [0.3, 0.4) is 0 Å². The van der Waals surface area contributed by atoms with Gasteiger partial charge in [-0.3, -0.25) is 4.79 Å². The Morgan fingerprint density at radius 1 is 1.26 bits per heavy atom. The minimum Gasteiger partial charge on any atom is -0.490 e. The summed E-state index contributed by atoms with van der Waals surface area (Å²) >= 11 is 0. The van der Waals surface area contributed by atoms with Crippen LogP contribution in [-0.2, 0) is 4.79 Å². The summed E-state index contributed by atoms with van der Waals surface area (Å²) in [6, 6.07) is 5.04. The van der Waals surface area contributed by atoms with Gasteiger partial charge in [-0.1, -0.05) is 13.3 Å². The smallest absolute Gasteiger partial charge is 0.341 e. The van der Waals surface area contributed by atoms with E-state index in [2.05, 4.69) is 12.2 Å². The lowest BCUT2D eigenvalue weighted by Crippen LogP contribution is -2.26. The summed E-state index contributed by atoms with van der Waals surface area (Å²) in [5, 5.41) is 11.7. The molecule has 0 aliphatic heterocycles. The first-order valence-corrected chi connectivity index (χ1v) is 7.97. The molecule has 1 amide bonds. The standard InChI is InChI=1S/C17H23NO5/c1-3-5-11-8-13(11)18-17(21)12-6-7-14(23-10-16(19)20)15(9-12)22-4-2/h6-7,9,11,13H,3-5,8,10H2,1-2H3,(H,18,21)(H,19,20). The Hall–Kier alpha value is -2.24. The van der Waals surface area contributed by atoms with Gasteiger partial charge in [0.05, 0.1) is 6.61 Å². The lowest BCUT2D eigenvalue weighted by Gasteiger charge is -2.12. The minimum absolute atomic E-state index is 0.139. The second-order valence-corrected chi connectivity index (χ2v) is 5.64. The first-order valence-electron chi connectivity index (χ1n) is 7.97. The third kappa shape index (κ3) is 4.87. The van der Waals surface area contributed by atoms with Crippen LogP contribution in [0.5, 0.6) is 11.5 Å². The van der Waals surface area contributed by atoms with Crippen molar-refractivity contribution in [1.29, 1.82) is 0 Å². The predicted octanol–water partition coefficient (Wildman–Crippen LogP) is 2.47. The predicted molar refractivity (Wildman–Crippen MR) is 85.0 cm³/mol. The number of carboxylic acids is 1. The molecule has 0 spiro atoms. The van der Waals surface area contributed by atoms with Crippen molar-refractivity contribution in [1.82, 2.24) is 5.32 Å². The molecule has 1 aromatic rings. The average Bonchev–Trinajstić information content (AvgIpc) is 3.24. The Kier molecular flexibility index (Phi) is 5.84. The number of nitrogens with one attached hydrogen (secondary N) is 1. The molecule has 0 aromatic heterocycles. The number of benzene rings is 1. The summed E-state index contributed by atoms with van der Waals surface area (Å²) in [6.45, 7) is 3.90. The van der Waals surface area contributed by atoms with Gasteiger partial charge in [-0.15, -0.1) is 0 Å². The van der Waals surface area contributed by atoms with Crippen LogP contribution in [0.15, 0.2) is 18.2 Å². The zero-order chi connectivity index (χ0) is 16.8. The van der Waals surface area contributed by atoms with Gasteiger partial charge in [0.1, 0.15) is 0 Å². The number of ether oxygens (including phenoxy) is 2. The molecule has 1 aliphatic rings. The van der Waals surface area contributed by atoms with Crippen LogP contribution in [-0.4, -0.2) is 36.2 Å². The maximum absolute atomic E-state index is 12.3. The molecule has 23 heavy (non-hydrogen) atoms. The molecule has 1 saturated carbocycles. The van der Waals surface area contributed by atoms with Gasteiger partial charge in [-0.2, -0.15) is 0 Å². The summed E-state index contributed by atoms with van der Waals surface area (Å²) in [7, 11) is 0. The van der Waals surface area contributed by atoms with E-state index in [1.165, 1.54) is 0 Å². The number of rotatable bonds is 9. The van der Waals surface area contributed by atoms with E-state index in [1.807, 2.05) is 6.92 Å². The zero-order valence-electron chi connectivity index (χ0n) is 13.5. The number of carboxylic acid groups (broad SMARTS) is 1. The van der Waals surface area contributed by atoms with Gasteiger partial charge in [0, 0.05) is 11.6 Å². The lowest BCUT2D eigenvalue weighted by molar-refractivity contribution is -0.139. The molecule has 2 unspecified atom stereocenters. The highest BCUT2D eigenvalue weighted by Gasteiger charge is 2.37. The number of hydrogen-bond donors (Lipinski definition) is 2. The first-order chi connectivity index (χ1) is 11.0. The van der Waals surface area contributed by atoms with Gasteiger partial charge >= 0.3 is 5.97 Å². The van der Waals surface area contributed by atoms with Crippen molar-refractivity contribution in [3.8, 4) is 11.5 Å². The van der Waals surface area contributed by atoms with E-state index >= 15 is 0 Å². The molecule has 0 radical (unpaired) electrons. The van der Waals surface area contributed by atoms with Crippen molar-refractivity contribution in [2.75, 3.05) is 13.2 Å². The lowest BCUT2D eigenvalue weighted by atomic mass is 10.2. The summed E-state index contributed by atoms with van der Waals surface area (Å²) in [5.74, 6) is 0.0844. The third-order valence-corrected chi connectivity index (χ3v) is 3.76. The summed E-state index contributed by atoms with van der Waals surface area (Å²) < 4.78 is 10.6. The second kappa shape index (κ2) is 7.85. The number of hydrogen-bond acceptors (Lipinski definition) is 4. The Labute approximate surface area is 135 Å². The average molecular weight is 321 g/mol. The SMILES string of the molecule is CCCC1CC1NC(=O)c1ccc(OCC(=O)O)c(OCC)c1. The first kappa shape index (κ1) is 17.1. The van der Waals surface area contributed by atoms with Gasteiger partial charge in [0.2, 0.25) is 0 Å². The molecule has 2 N–H and O–H groups in total. The fourth-order valence-electron chi connectivity index (χ4n) is 2.54. The van der Waals surface area contributed by atoms with E-state index in [4.69, 9.17) is 14.6 Å². The van der Waals surface area contributed by atoms with Crippen LogP contribution >= 0.6 is 0 Å². The van der Waals surface area contributed by atoms with Gasteiger partial charge in [0.25, 0.3) is 5.91 Å². The van der Waals surface area contributed by atoms with E-state index in [9.17, 15) is 9.59 Å². The van der Waals surface area contributed by atoms with Crippen molar-refractivity contribution in [3.05, 3.63) is 23.8 Å². The summed E-state index contributed by atoms with van der Waals surface area (Å²) in [4.78, 5) is 22.9. The molecule has 2 rings (SSSR count). The molecule has 6 heteroatoms. The van der Waals surface area contributed by atoms with E-state index in [0.717, 1.165) is 19.3 Å². The van der Waals surface area contributed by atoms with Crippen molar-refractivity contribution < 1.29 is 24.2 Å². The van der Waals surface area contributed by atoms with E-state index < -0.39 is 12.6 Å². The van der Waals surface area contributed by atoms with Crippen LogP contribution in [0.4, 0.5) is 0 Å². The number of carbonyl (C=O) groups excluding carboxylic acids is 1. The molecule has 6 nitrogen and oxygen atoms in total. The molecule has 2 atom stereocenters. The number of aliphatic carboxylic acids is 1. The largest absolute Gasteiger partial charge is 0.490 e. The Morgan fingerprint density at radius 2 is 2.04 bits per heavy atom. The molecule has 0 heterocycles. The van der Waals surface area contributed by atoms with Gasteiger partial charge in [0.15, 0.2) is 18.1 Å². The van der Waals surface area contributed by atoms with Crippen LogP contribution in [0.25, 0.3) is 0 Å². The molecule has 1 aromatic carbocycles. The normalized spacial score (nSPS) is 19.0. The number of carbonyl (C=O) groups is 2. The molecule has 0 bridgehead atoms. The van der Waals surface area contributed by atoms with E-state index in [-0.39, 0.29) is 11.9 Å². The highest BCUT2D eigenvalue weighted by Crippen LogP contribution is 2.35. The molecule has 1 fully saturated rings. The van der Waals surface area contributed by atoms with Crippen molar-refractivity contribution in [2.45, 2.75) is 39.2 Å². The van der Waals surface area contributed by atoms with Crippen molar-refractivity contribution >= 4 is 11.9 Å². The van der Waals surface area contributed by atoms with Crippen LogP contribution in [0.2, 0.25) is 0 Å². The van der Waals surface area contributed by atoms with Crippen LogP contribution < -0.4 is 14.8 Å². The number of amides is 1. The zero-order valence-corrected chi connectivity index (χ0v) is 13.5. The third-order valence-electron chi connectivity index (χ3n) is 3.76. The Balaban J connectivity index is 2.02. The molecular formula is C17H23NO5. The fraction of sp³-hybridized carbons (Fsp3) is 0.529. The van der Waals surface area contributed by atoms with Gasteiger partial charge in [-0.05, 0) is 43.9 Å². The topological polar surface area (TPSA) is 84.9 Å². The van der Waals surface area contributed by atoms with E-state index in [0.29, 0.717) is 29.6 Å². The Bertz CT molecular complexity index is 572.